The van der Waals surface area contributed by atoms with Gasteiger partial charge in [-0.15, -0.1) is 0 Å². The first kappa shape index (κ1) is 16.3. The lowest BCUT2D eigenvalue weighted by Gasteiger charge is -2.26. The van der Waals surface area contributed by atoms with E-state index < -0.39 is 15.8 Å². The molecule has 0 aromatic heterocycles. The van der Waals surface area contributed by atoms with E-state index >= 15 is 0 Å². The second-order valence-corrected chi connectivity index (χ2v) is 7.17. The summed E-state index contributed by atoms with van der Waals surface area (Å²) in [5.74, 6) is 0.0432. The van der Waals surface area contributed by atoms with Crippen molar-refractivity contribution in [2.45, 2.75) is 24.3 Å². The van der Waals surface area contributed by atoms with Gasteiger partial charge < -0.3 is 5.73 Å². The Morgan fingerprint density at radius 3 is 2.53 bits per heavy atom. The first-order chi connectivity index (χ1) is 8.82. The molecule has 108 valence electrons. The highest BCUT2D eigenvalue weighted by Crippen LogP contribution is 2.22. The van der Waals surface area contributed by atoms with Crippen LogP contribution in [0.3, 0.4) is 0 Å². The van der Waals surface area contributed by atoms with Crippen molar-refractivity contribution < 1.29 is 12.8 Å². The molecule has 1 rings (SSSR count). The van der Waals surface area contributed by atoms with Crippen LogP contribution in [0.4, 0.5) is 10.1 Å². The highest BCUT2D eigenvalue weighted by molar-refractivity contribution is 7.98. The average molecular weight is 306 g/mol. The van der Waals surface area contributed by atoms with Gasteiger partial charge in [0.05, 0.1) is 4.90 Å². The molecule has 7 heteroatoms. The predicted molar refractivity (Wildman–Crippen MR) is 78.2 cm³/mol. The number of anilines is 1. The number of benzene rings is 1. The van der Waals surface area contributed by atoms with Crippen LogP contribution in [0, 0.1) is 5.82 Å². The summed E-state index contributed by atoms with van der Waals surface area (Å²) >= 11 is 1.58. The second kappa shape index (κ2) is 6.58. The van der Waals surface area contributed by atoms with Crippen LogP contribution >= 0.6 is 11.8 Å². The summed E-state index contributed by atoms with van der Waals surface area (Å²) in [4.78, 5) is -0.105. The maximum atomic E-state index is 13.3. The molecule has 0 radical (unpaired) electrons. The Kier molecular flexibility index (Phi) is 5.64. The van der Waals surface area contributed by atoms with Gasteiger partial charge in [-0.3, -0.25) is 0 Å². The summed E-state index contributed by atoms with van der Waals surface area (Å²) in [6, 6.07) is 3.25. The van der Waals surface area contributed by atoms with E-state index in [-0.39, 0.29) is 16.6 Å². The number of sulfonamides is 1. The Morgan fingerprint density at radius 1 is 1.42 bits per heavy atom. The number of nitrogens with zero attached hydrogens (tertiary/aromatic N) is 1. The molecule has 0 aliphatic carbocycles. The second-order valence-electron chi connectivity index (χ2n) is 4.26. The molecule has 0 saturated carbocycles. The molecule has 1 aromatic carbocycles. The van der Waals surface area contributed by atoms with E-state index in [4.69, 9.17) is 5.73 Å². The molecule has 1 aromatic rings. The molecule has 0 heterocycles. The van der Waals surface area contributed by atoms with Crippen LogP contribution in [0.5, 0.6) is 0 Å². The lowest BCUT2D eigenvalue weighted by molar-refractivity contribution is 0.385. The molecular weight excluding hydrogens is 287 g/mol. The van der Waals surface area contributed by atoms with E-state index in [1.54, 1.807) is 11.8 Å². The summed E-state index contributed by atoms with van der Waals surface area (Å²) in [6.07, 6.45) is 2.62. The van der Waals surface area contributed by atoms with Crippen LogP contribution in [0.25, 0.3) is 0 Å². The van der Waals surface area contributed by atoms with Gasteiger partial charge in [0, 0.05) is 24.5 Å². The van der Waals surface area contributed by atoms with Crippen LogP contribution in [0.1, 0.15) is 13.3 Å². The number of halogens is 1. The van der Waals surface area contributed by atoms with Gasteiger partial charge in [-0.05, 0) is 30.9 Å². The van der Waals surface area contributed by atoms with E-state index in [1.165, 1.54) is 17.4 Å². The highest BCUT2D eigenvalue weighted by Gasteiger charge is 2.27. The molecule has 0 fully saturated rings. The minimum absolute atomic E-state index is 0.102. The Labute approximate surface area is 118 Å². The smallest absolute Gasteiger partial charge is 0.243 e. The SMILES string of the molecule is CCC(CSC)N(C)S(=O)(=O)c1cc(N)cc(F)c1. The molecule has 1 unspecified atom stereocenters. The number of thioether (sulfide) groups is 1. The Hall–Kier alpha value is -0.790. The molecule has 1 atom stereocenters. The zero-order valence-electron chi connectivity index (χ0n) is 11.3. The van der Waals surface area contributed by atoms with Crippen molar-refractivity contribution in [2.24, 2.45) is 0 Å². The van der Waals surface area contributed by atoms with Crippen LogP contribution < -0.4 is 5.73 Å². The number of hydrogen-bond donors (Lipinski definition) is 1. The Bertz CT molecular complexity index is 514. The minimum atomic E-state index is -3.72. The number of hydrogen-bond acceptors (Lipinski definition) is 4. The van der Waals surface area contributed by atoms with Crippen LogP contribution in [-0.2, 0) is 10.0 Å². The topological polar surface area (TPSA) is 63.4 Å². The lowest BCUT2D eigenvalue weighted by Crippen LogP contribution is -2.38. The van der Waals surface area contributed by atoms with Gasteiger partial charge in [0.15, 0.2) is 0 Å². The van der Waals surface area contributed by atoms with Crippen molar-refractivity contribution in [3.8, 4) is 0 Å². The molecule has 0 spiro atoms. The molecule has 0 amide bonds. The third-order valence-corrected chi connectivity index (χ3v) is 5.52. The highest BCUT2D eigenvalue weighted by atomic mass is 32.2. The molecule has 4 nitrogen and oxygen atoms in total. The first-order valence-electron chi connectivity index (χ1n) is 5.86. The quantitative estimate of drug-likeness (QED) is 0.818. The summed E-state index contributed by atoms with van der Waals surface area (Å²) in [6.45, 7) is 1.92. The molecule has 0 aliphatic rings. The summed E-state index contributed by atoms with van der Waals surface area (Å²) < 4.78 is 39.4. The van der Waals surface area contributed by atoms with Gasteiger partial charge in [-0.1, -0.05) is 6.92 Å². The minimum Gasteiger partial charge on any atom is -0.399 e. The van der Waals surface area contributed by atoms with E-state index in [9.17, 15) is 12.8 Å². The molecule has 19 heavy (non-hydrogen) atoms. The Balaban J connectivity index is 3.15. The van der Waals surface area contributed by atoms with E-state index in [0.717, 1.165) is 12.1 Å². The van der Waals surface area contributed by atoms with Crippen LogP contribution in [0.15, 0.2) is 23.1 Å². The van der Waals surface area contributed by atoms with Gasteiger partial charge in [0.2, 0.25) is 10.0 Å². The van der Waals surface area contributed by atoms with Crippen molar-refractivity contribution in [3.05, 3.63) is 24.0 Å². The summed E-state index contributed by atoms with van der Waals surface area (Å²) in [5, 5.41) is 0. The normalized spacial score (nSPS) is 13.7. The molecule has 0 saturated heterocycles. The largest absolute Gasteiger partial charge is 0.399 e. The fourth-order valence-electron chi connectivity index (χ4n) is 1.77. The fourth-order valence-corrected chi connectivity index (χ4v) is 4.20. The fraction of sp³-hybridized carbons (Fsp3) is 0.500. The van der Waals surface area contributed by atoms with Gasteiger partial charge in [-0.2, -0.15) is 16.1 Å². The standard InChI is InChI=1S/C12H19FN2O2S2/c1-4-11(8-18-3)15(2)19(16,17)12-6-9(13)5-10(14)7-12/h5-7,11H,4,8,14H2,1-3H3. The van der Waals surface area contributed by atoms with Crippen molar-refractivity contribution in [1.82, 2.24) is 4.31 Å². The van der Waals surface area contributed by atoms with Crippen molar-refractivity contribution >= 4 is 27.5 Å². The monoisotopic (exact) mass is 306 g/mol. The van der Waals surface area contributed by atoms with Gasteiger partial charge in [0.1, 0.15) is 5.82 Å². The third-order valence-electron chi connectivity index (χ3n) is 2.92. The number of nitrogen functional groups attached to an aromatic ring is 1. The number of nitrogens with two attached hydrogens (primary N) is 1. The number of rotatable bonds is 6. The summed E-state index contributed by atoms with van der Waals surface area (Å²) in [5.41, 5.74) is 5.60. The van der Waals surface area contributed by atoms with Crippen LogP contribution in [0.2, 0.25) is 0 Å². The first-order valence-corrected chi connectivity index (χ1v) is 8.69. The average Bonchev–Trinajstić information content (AvgIpc) is 2.33. The Morgan fingerprint density at radius 2 is 2.05 bits per heavy atom. The van der Waals surface area contributed by atoms with E-state index in [2.05, 4.69) is 0 Å². The maximum Gasteiger partial charge on any atom is 0.243 e. The molecule has 0 bridgehead atoms. The van der Waals surface area contributed by atoms with Crippen LogP contribution in [-0.4, -0.2) is 37.8 Å². The molecule has 2 N–H and O–H groups in total. The zero-order valence-corrected chi connectivity index (χ0v) is 12.9. The van der Waals surface area contributed by atoms with Gasteiger partial charge in [0.25, 0.3) is 0 Å². The van der Waals surface area contributed by atoms with E-state index in [0.29, 0.717) is 12.2 Å². The predicted octanol–water partition coefficient (Wildman–Crippen LogP) is 2.17. The summed E-state index contributed by atoms with van der Waals surface area (Å²) in [7, 11) is -2.20. The molecule has 0 aliphatic heterocycles. The van der Waals surface area contributed by atoms with Gasteiger partial charge in [-0.25, -0.2) is 12.8 Å². The molecular formula is C12H19FN2O2S2. The zero-order chi connectivity index (χ0) is 14.6. The van der Waals surface area contributed by atoms with E-state index in [1.807, 2.05) is 13.2 Å². The van der Waals surface area contributed by atoms with Crippen molar-refractivity contribution in [2.75, 3.05) is 24.8 Å². The van der Waals surface area contributed by atoms with Crippen molar-refractivity contribution in [1.29, 1.82) is 0 Å². The third kappa shape index (κ3) is 3.84. The lowest BCUT2D eigenvalue weighted by atomic mass is 10.3. The van der Waals surface area contributed by atoms with Crippen molar-refractivity contribution in [3.63, 3.8) is 0 Å². The van der Waals surface area contributed by atoms with Gasteiger partial charge >= 0.3 is 0 Å². The maximum absolute atomic E-state index is 13.3.